The van der Waals surface area contributed by atoms with Gasteiger partial charge in [0.05, 0.1) is 0 Å². The third-order valence-corrected chi connectivity index (χ3v) is 4.00. The molecule has 98 valence electrons. The number of hydrazine groups is 1. The molecule has 1 aromatic rings. The van der Waals surface area contributed by atoms with E-state index in [0.29, 0.717) is 11.8 Å². The number of nitrogens with two attached hydrogens (primary N) is 1. The Hall–Kier alpha value is -1.35. The van der Waals surface area contributed by atoms with Gasteiger partial charge in [0.25, 0.3) is 5.91 Å². The van der Waals surface area contributed by atoms with Gasteiger partial charge in [-0.15, -0.1) is 0 Å². The third kappa shape index (κ3) is 2.27. The fourth-order valence-electron chi connectivity index (χ4n) is 2.95. The summed E-state index contributed by atoms with van der Waals surface area (Å²) in [6.07, 6.45) is 4.91. The second kappa shape index (κ2) is 5.53. The molecule has 18 heavy (non-hydrogen) atoms. The summed E-state index contributed by atoms with van der Waals surface area (Å²) in [6.45, 7) is 4.46. The third-order valence-electron chi connectivity index (χ3n) is 4.00. The van der Waals surface area contributed by atoms with E-state index in [1.165, 1.54) is 36.8 Å². The fourth-order valence-corrected chi connectivity index (χ4v) is 2.95. The Morgan fingerprint density at radius 1 is 1.44 bits per heavy atom. The van der Waals surface area contributed by atoms with Crippen LogP contribution >= 0.6 is 0 Å². The Labute approximate surface area is 109 Å². The highest BCUT2D eigenvalue weighted by atomic mass is 16.2. The Kier molecular flexibility index (Phi) is 4.02. The van der Waals surface area contributed by atoms with Gasteiger partial charge in [-0.2, -0.15) is 0 Å². The molecule has 0 bridgehead atoms. The number of carbonyl (C=O) groups excluding carboxylic acids is 1. The monoisotopic (exact) mass is 246 g/mol. The molecule has 1 aromatic carbocycles. The maximum Gasteiger partial charge on any atom is 0.265 e. The van der Waals surface area contributed by atoms with Crippen molar-refractivity contribution < 1.29 is 4.79 Å². The van der Waals surface area contributed by atoms with Gasteiger partial charge in [0.1, 0.15) is 0 Å². The van der Waals surface area contributed by atoms with Crippen molar-refractivity contribution in [2.45, 2.75) is 45.4 Å². The number of amides is 1. The van der Waals surface area contributed by atoms with Crippen LogP contribution in [0.25, 0.3) is 0 Å². The van der Waals surface area contributed by atoms with E-state index in [9.17, 15) is 4.79 Å². The van der Waals surface area contributed by atoms with Crippen molar-refractivity contribution in [1.29, 1.82) is 0 Å². The number of rotatable bonds is 6. The minimum Gasteiger partial charge on any atom is -0.290 e. The lowest BCUT2D eigenvalue weighted by Crippen LogP contribution is -2.30. The van der Waals surface area contributed by atoms with Crippen LogP contribution in [0.1, 0.15) is 66.9 Å². The van der Waals surface area contributed by atoms with Crippen LogP contribution in [-0.2, 0) is 0 Å². The van der Waals surface area contributed by atoms with Crippen molar-refractivity contribution in [2.24, 2.45) is 11.8 Å². The van der Waals surface area contributed by atoms with E-state index in [0.717, 1.165) is 5.56 Å². The molecular formula is C15H22N2O. The fraction of sp³-hybridized carbons (Fsp3) is 0.533. The molecule has 0 heterocycles. The van der Waals surface area contributed by atoms with Crippen molar-refractivity contribution >= 4 is 5.91 Å². The Bertz CT molecular complexity index is 442. The van der Waals surface area contributed by atoms with Crippen LogP contribution in [0.2, 0.25) is 0 Å². The smallest absolute Gasteiger partial charge is 0.265 e. The van der Waals surface area contributed by atoms with Gasteiger partial charge in [0, 0.05) is 11.5 Å². The van der Waals surface area contributed by atoms with Crippen LogP contribution < -0.4 is 11.3 Å². The lowest BCUT2D eigenvalue weighted by Gasteiger charge is -2.13. The lowest BCUT2D eigenvalue weighted by molar-refractivity contribution is 0.0953. The first-order valence-corrected chi connectivity index (χ1v) is 6.88. The zero-order valence-corrected chi connectivity index (χ0v) is 11.2. The van der Waals surface area contributed by atoms with Gasteiger partial charge in [-0.1, -0.05) is 45.2 Å². The number of nitrogen functional groups attached to an aromatic ring is 1. The summed E-state index contributed by atoms with van der Waals surface area (Å²) in [6, 6.07) is 5.96. The second-order valence-electron chi connectivity index (χ2n) is 5.07. The molecule has 1 aliphatic carbocycles. The van der Waals surface area contributed by atoms with Gasteiger partial charge in [-0.05, 0) is 29.5 Å². The molecule has 2 rings (SSSR count). The first kappa shape index (κ1) is 13.1. The Balaban J connectivity index is 2.16. The Morgan fingerprint density at radius 3 is 2.83 bits per heavy atom. The number of carbonyl (C=O) groups is 1. The molecule has 3 heteroatoms. The highest BCUT2D eigenvalue weighted by molar-refractivity contribution is 5.97. The molecule has 3 nitrogen and oxygen atoms in total. The number of fused-ring (bicyclic) bond motifs is 1. The molecule has 0 fully saturated rings. The lowest BCUT2D eigenvalue weighted by atomic mass is 9.91. The molecule has 0 spiro atoms. The molecule has 0 saturated carbocycles. The molecule has 3 N–H and O–H groups in total. The van der Waals surface area contributed by atoms with Crippen molar-refractivity contribution in [2.75, 3.05) is 0 Å². The zero-order valence-electron chi connectivity index (χ0n) is 11.2. The van der Waals surface area contributed by atoms with E-state index in [4.69, 9.17) is 5.84 Å². The summed E-state index contributed by atoms with van der Waals surface area (Å²) in [5.41, 5.74) is 5.57. The Morgan fingerprint density at radius 2 is 2.22 bits per heavy atom. The predicted molar refractivity (Wildman–Crippen MR) is 73.2 cm³/mol. The molecule has 0 radical (unpaired) electrons. The van der Waals surface area contributed by atoms with Crippen LogP contribution in [0.15, 0.2) is 18.2 Å². The molecular weight excluding hydrogens is 224 g/mol. The van der Waals surface area contributed by atoms with Gasteiger partial charge in [0.2, 0.25) is 0 Å². The maximum absolute atomic E-state index is 11.7. The quantitative estimate of drug-likeness (QED) is 0.460. The first-order valence-electron chi connectivity index (χ1n) is 6.88. The van der Waals surface area contributed by atoms with E-state index in [2.05, 4.69) is 25.3 Å². The van der Waals surface area contributed by atoms with E-state index in [1.807, 2.05) is 12.1 Å². The normalized spacial score (nSPS) is 18.1. The summed E-state index contributed by atoms with van der Waals surface area (Å²) in [4.78, 5) is 11.7. The van der Waals surface area contributed by atoms with Gasteiger partial charge in [-0.3, -0.25) is 10.2 Å². The summed E-state index contributed by atoms with van der Waals surface area (Å²) in [5, 5.41) is 0. The standard InChI is InChI=1S/C15H22N2O/c1-3-5-7-10(4-2)13-11-8-6-9-12(14(11)13)15(18)17-16/h6,8-10,13H,3-5,7,16H2,1-2H3,(H,17,18). The number of benzene rings is 1. The average molecular weight is 246 g/mol. The van der Waals surface area contributed by atoms with Crippen LogP contribution in [0.4, 0.5) is 0 Å². The van der Waals surface area contributed by atoms with Gasteiger partial charge in [-0.25, -0.2) is 5.84 Å². The van der Waals surface area contributed by atoms with E-state index in [1.54, 1.807) is 0 Å². The number of nitrogens with one attached hydrogen (secondary N) is 1. The van der Waals surface area contributed by atoms with Crippen LogP contribution in [0, 0.1) is 5.92 Å². The van der Waals surface area contributed by atoms with Crippen molar-refractivity contribution in [3.63, 3.8) is 0 Å². The topological polar surface area (TPSA) is 55.1 Å². The molecule has 1 amide bonds. The summed E-state index contributed by atoms with van der Waals surface area (Å²) >= 11 is 0. The minimum atomic E-state index is -0.167. The summed E-state index contributed by atoms with van der Waals surface area (Å²) < 4.78 is 0. The SMILES string of the molecule is CCCCC(CC)C1c2cccc(C(=O)NN)c21. The van der Waals surface area contributed by atoms with Crippen molar-refractivity contribution in [3.05, 3.63) is 34.9 Å². The average Bonchev–Trinajstić information content (AvgIpc) is 3.13. The van der Waals surface area contributed by atoms with Gasteiger partial charge in [0.15, 0.2) is 0 Å². The van der Waals surface area contributed by atoms with Gasteiger partial charge >= 0.3 is 0 Å². The van der Waals surface area contributed by atoms with Crippen molar-refractivity contribution in [3.8, 4) is 0 Å². The molecule has 2 atom stereocenters. The van der Waals surface area contributed by atoms with Gasteiger partial charge < -0.3 is 0 Å². The minimum absolute atomic E-state index is 0.167. The van der Waals surface area contributed by atoms with Crippen LogP contribution in [-0.4, -0.2) is 5.91 Å². The highest BCUT2D eigenvalue weighted by Gasteiger charge is 2.41. The molecule has 0 aromatic heterocycles. The molecule has 1 aliphatic rings. The molecule has 0 aliphatic heterocycles. The van der Waals surface area contributed by atoms with E-state index in [-0.39, 0.29) is 5.91 Å². The molecule has 2 unspecified atom stereocenters. The first-order chi connectivity index (χ1) is 8.74. The number of unbranched alkanes of at least 4 members (excludes halogenated alkanes) is 1. The molecule has 0 saturated heterocycles. The summed E-state index contributed by atoms with van der Waals surface area (Å²) in [5.74, 6) is 6.23. The summed E-state index contributed by atoms with van der Waals surface area (Å²) in [7, 11) is 0. The number of hydrogen-bond acceptors (Lipinski definition) is 2. The predicted octanol–water partition coefficient (Wildman–Crippen LogP) is 2.95. The van der Waals surface area contributed by atoms with Crippen molar-refractivity contribution in [1.82, 2.24) is 5.43 Å². The zero-order chi connectivity index (χ0) is 13.1. The van der Waals surface area contributed by atoms with E-state index < -0.39 is 0 Å². The van der Waals surface area contributed by atoms with Crippen LogP contribution in [0.5, 0.6) is 0 Å². The second-order valence-corrected chi connectivity index (χ2v) is 5.07. The largest absolute Gasteiger partial charge is 0.290 e. The maximum atomic E-state index is 11.7. The van der Waals surface area contributed by atoms with E-state index >= 15 is 0 Å². The highest BCUT2D eigenvalue weighted by Crippen LogP contribution is 2.52. The number of hydrogen-bond donors (Lipinski definition) is 2. The van der Waals surface area contributed by atoms with Crippen LogP contribution in [0.3, 0.4) is 0 Å².